The molecule has 2 amide bonds. The first-order valence-electron chi connectivity index (χ1n) is 10.6. The molecular weight excluding hydrogens is 553 g/mol. The van der Waals surface area contributed by atoms with E-state index in [4.69, 9.17) is 17.0 Å². The van der Waals surface area contributed by atoms with E-state index in [1.54, 1.807) is 28.7 Å². The number of anilines is 1. The predicted octanol–water partition coefficient (Wildman–Crippen LogP) is 1.25. The van der Waals surface area contributed by atoms with Crippen molar-refractivity contribution in [3.63, 3.8) is 0 Å². The Hall–Kier alpha value is -2.40. The molecule has 2 N–H and O–H groups in total. The first-order valence-corrected chi connectivity index (χ1v) is 15.0. The van der Waals surface area contributed by atoms with Crippen LogP contribution in [0.5, 0.6) is 5.75 Å². The Morgan fingerprint density at radius 3 is 2.58 bits per heavy atom. The lowest BCUT2D eigenvalue weighted by molar-refractivity contribution is -0.122. The molecule has 36 heavy (non-hydrogen) atoms. The number of nitrogens with one attached hydrogen (secondary N) is 1. The third-order valence-corrected chi connectivity index (χ3v) is 8.62. The number of carbonyl (C=O) groups is 2. The molecule has 3 rings (SSSR count). The van der Waals surface area contributed by atoms with Crippen molar-refractivity contribution in [2.24, 2.45) is 7.05 Å². The Labute approximate surface area is 219 Å². The molecule has 0 saturated carbocycles. The molecule has 16 heteroatoms. The minimum atomic E-state index is -4.18. The monoisotopic (exact) mass is 578 g/mol. The van der Waals surface area contributed by atoms with Gasteiger partial charge >= 0.3 is 0 Å². The van der Waals surface area contributed by atoms with E-state index in [1.165, 1.54) is 0 Å². The Kier molecular flexibility index (Phi) is 8.24. The maximum atomic E-state index is 12.7. The van der Waals surface area contributed by atoms with Crippen molar-refractivity contribution in [2.45, 2.75) is 33.4 Å². The second-order valence-electron chi connectivity index (χ2n) is 8.28. The van der Waals surface area contributed by atoms with Gasteiger partial charge in [0.15, 0.2) is 17.8 Å². The number of ether oxygens (including phenoxy) is 1. The van der Waals surface area contributed by atoms with Crippen LogP contribution in [0, 0.1) is 6.92 Å². The molecule has 2 aliphatic rings. The molecule has 3 heterocycles. The number of hydrogen-bond acceptors (Lipinski definition) is 10. The fourth-order valence-corrected chi connectivity index (χ4v) is 6.66. The summed E-state index contributed by atoms with van der Waals surface area (Å²) in [6, 6.07) is 1.84. The molecule has 2 aliphatic heterocycles. The van der Waals surface area contributed by atoms with Gasteiger partial charge in [-0.2, -0.15) is 8.42 Å². The molecule has 1 aromatic heterocycles. The third kappa shape index (κ3) is 6.67. The van der Waals surface area contributed by atoms with E-state index < -0.39 is 49.8 Å². The second kappa shape index (κ2) is 10.5. The Balaban J connectivity index is 1.74. The molecule has 1 saturated heterocycles. The molecule has 0 aliphatic carbocycles. The summed E-state index contributed by atoms with van der Waals surface area (Å²) in [4.78, 5) is 26.7. The summed E-state index contributed by atoms with van der Waals surface area (Å²) < 4.78 is 65.7. The van der Waals surface area contributed by atoms with E-state index in [-0.39, 0.29) is 15.8 Å². The molecule has 198 valence electrons. The van der Waals surface area contributed by atoms with E-state index in [0.717, 1.165) is 29.3 Å². The van der Waals surface area contributed by atoms with Crippen molar-refractivity contribution in [1.82, 2.24) is 14.2 Å². The zero-order chi connectivity index (χ0) is 27.0. The van der Waals surface area contributed by atoms with E-state index in [9.17, 15) is 31.0 Å². The number of nitrogens with zero attached hydrogens (tertiary/aromatic N) is 3. The lowest BCUT2D eigenvalue weighted by Crippen LogP contribution is -2.40. The van der Waals surface area contributed by atoms with Gasteiger partial charge in [-0.05, 0) is 19.9 Å². The molecule has 1 aromatic rings. The van der Waals surface area contributed by atoms with Crippen molar-refractivity contribution in [1.29, 1.82) is 0 Å². The summed E-state index contributed by atoms with van der Waals surface area (Å²) in [7, 11) is -6.43. The molecule has 1 unspecified atom stereocenters. The fraction of sp³-hybridized carbons (Fsp3) is 0.450. The van der Waals surface area contributed by atoms with Gasteiger partial charge in [-0.25, -0.2) is 8.42 Å². The zero-order valence-corrected chi connectivity index (χ0v) is 23.2. The molecule has 0 spiro atoms. The standard InChI is InChI=1S/C20H26N4O8S4/c1-12(9-16-19(26)24(20(33)34-16)11-35(27,28)21-14(3)25)5-6-17-23(7-8-36(29,30)31)18-15(32-17)10-13(2)22(18)4/h5,9-10,17H,6-8,11H2,1-4H3,(H,21,25)(H,29,30,31)/b12-5+,16-9+. The van der Waals surface area contributed by atoms with Gasteiger partial charge in [-0.1, -0.05) is 35.6 Å². The maximum Gasteiger partial charge on any atom is 0.267 e. The number of aryl methyl sites for hydroxylation is 1. The van der Waals surface area contributed by atoms with E-state index in [2.05, 4.69) is 0 Å². The summed E-state index contributed by atoms with van der Waals surface area (Å²) in [6.07, 6.45) is 3.16. The Bertz CT molecular complexity index is 1380. The highest BCUT2D eigenvalue weighted by molar-refractivity contribution is 8.26. The first kappa shape index (κ1) is 28.2. The minimum Gasteiger partial charge on any atom is -0.466 e. The number of aromatic nitrogens is 1. The van der Waals surface area contributed by atoms with Crippen molar-refractivity contribution in [3.05, 3.63) is 34.4 Å². The average molecular weight is 579 g/mol. The number of amides is 2. The number of carbonyl (C=O) groups excluding carboxylic acids is 2. The van der Waals surface area contributed by atoms with Crippen LogP contribution in [0.15, 0.2) is 28.7 Å². The van der Waals surface area contributed by atoms with Crippen LogP contribution in [-0.2, 0) is 36.8 Å². The van der Waals surface area contributed by atoms with Crippen LogP contribution < -0.4 is 14.4 Å². The zero-order valence-electron chi connectivity index (χ0n) is 19.9. The van der Waals surface area contributed by atoms with Crippen molar-refractivity contribution >= 4 is 66.1 Å². The van der Waals surface area contributed by atoms with Crippen molar-refractivity contribution in [2.75, 3.05) is 23.1 Å². The summed E-state index contributed by atoms with van der Waals surface area (Å²) in [5.41, 5.74) is 1.59. The van der Waals surface area contributed by atoms with Crippen LogP contribution in [0.4, 0.5) is 5.82 Å². The number of fused-ring (bicyclic) bond motifs is 1. The van der Waals surface area contributed by atoms with Gasteiger partial charge < -0.3 is 14.2 Å². The summed E-state index contributed by atoms with van der Waals surface area (Å²) in [6.45, 7) is 4.70. The van der Waals surface area contributed by atoms with Crippen LogP contribution in [0.1, 0.15) is 26.0 Å². The van der Waals surface area contributed by atoms with Gasteiger partial charge in [0.25, 0.3) is 26.0 Å². The molecular formula is C20H26N4O8S4. The highest BCUT2D eigenvalue weighted by atomic mass is 32.2. The number of allylic oxidation sites excluding steroid dienone is 2. The topological polar surface area (TPSA) is 155 Å². The first-order chi connectivity index (χ1) is 16.6. The predicted molar refractivity (Wildman–Crippen MR) is 139 cm³/mol. The largest absolute Gasteiger partial charge is 0.466 e. The van der Waals surface area contributed by atoms with Gasteiger partial charge in [0.1, 0.15) is 10.2 Å². The average Bonchev–Trinajstić information content (AvgIpc) is 3.29. The van der Waals surface area contributed by atoms with E-state index in [1.807, 2.05) is 24.6 Å². The van der Waals surface area contributed by atoms with Crippen molar-refractivity contribution < 1.29 is 35.7 Å². The maximum absolute atomic E-state index is 12.7. The summed E-state index contributed by atoms with van der Waals surface area (Å²) >= 11 is 6.09. The molecule has 1 fully saturated rings. The molecule has 0 aromatic carbocycles. The fourth-order valence-electron chi connectivity index (χ4n) is 3.67. The van der Waals surface area contributed by atoms with Gasteiger partial charge in [-0.3, -0.25) is 23.8 Å². The highest BCUT2D eigenvalue weighted by Gasteiger charge is 2.36. The molecule has 12 nitrogen and oxygen atoms in total. The van der Waals surface area contributed by atoms with Crippen LogP contribution in [0.25, 0.3) is 0 Å². The third-order valence-electron chi connectivity index (χ3n) is 5.35. The smallest absolute Gasteiger partial charge is 0.267 e. The highest BCUT2D eigenvalue weighted by Crippen LogP contribution is 2.40. The van der Waals surface area contributed by atoms with Crippen LogP contribution in [0.3, 0.4) is 0 Å². The normalized spacial score (nSPS) is 19.8. The van der Waals surface area contributed by atoms with E-state index >= 15 is 0 Å². The Morgan fingerprint density at radius 2 is 1.97 bits per heavy atom. The minimum absolute atomic E-state index is 0.0160. The molecule has 0 bridgehead atoms. The van der Waals surface area contributed by atoms with Crippen molar-refractivity contribution in [3.8, 4) is 5.75 Å². The SMILES string of the molecule is CC(=O)NS(=O)(=O)CN1C(=O)/C(=C\C(C)=C\CC2Oc3cc(C)n(C)c3N2CCS(=O)(=O)O)SC1=S. The van der Waals surface area contributed by atoms with Gasteiger partial charge in [0.05, 0.1) is 10.7 Å². The van der Waals surface area contributed by atoms with Gasteiger partial charge in [-0.15, -0.1) is 0 Å². The number of thiocarbonyl (C=S) groups is 1. The lowest BCUT2D eigenvalue weighted by atomic mass is 10.2. The molecule has 1 atom stereocenters. The van der Waals surface area contributed by atoms with Crippen LogP contribution in [-0.4, -0.2) is 71.4 Å². The molecule has 0 radical (unpaired) electrons. The van der Waals surface area contributed by atoms with Gasteiger partial charge in [0, 0.05) is 38.7 Å². The van der Waals surface area contributed by atoms with E-state index in [0.29, 0.717) is 23.6 Å². The second-order valence-corrected chi connectivity index (χ2v) is 13.2. The quantitative estimate of drug-likeness (QED) is 0.247. The van der Waals surface area contributed by atoms with Gasteiger partial charge in [0.2, 0.25) is 5.91 Å². The van der Waals surface area contributed by atoms with Crippen LogP contribution in [0.2, 0.25) is 0 Å². The summed E-state index contributed by atoms with van der Waals surface area (Å²) in [5.74, 6) is -1.30. The number of hydrogen-bond donors (Lipinski definition) is 2. The Morgan fingerprint density at radius 1 is 1.31 bits per heavy atom. The number of rotatable bonds is 9. The summed E-state index contributed by atoms with van der Waals surface area (Å²) in [5, 5.41) is 0. The number of sulfonamides is 1. The lowest BCUT2D eigenvalue weighted by Gasteiger charge is -2.25. The van der Waals surface area contributed by atoms with Crippen LogP contribution >= 0.6 is 24.0 Å². The number of thioether (sulfide) groups is 1.